The third-order valence-electron chi connectivity index (χ3n) is 3.93. The normalized spacial score (nSPS) is 24.8. The molecule has 1 atom stereocenters. The van der Waals surface area contributed by atoms with Gasteiger partial charge in [0, 0.05) is 26.7 Å². The van der Waals surface area contributed by atoms with Gasteiger partial charge in [-0.1, -0.05) is 0 Å². The van der Waals surface area contributed by atoms with Crippen molar-refractivity contribution < 1.29 is 24.2 Å². The molecule has 0 bridgehead atoms. The Hall–Kier alpha value is -1.34. The van der Waals surface area contributed by atoms with Crippen molar-refractivity contribution in [2.45, 2.75) is 31.4 Å². The van der Waals surface area contributed by atoms with Gasteiger partial charge < -0.3 is 24.4 Å². The number of likely N-dealkylation sites (tertiary alicyclic amines) is 1. The molecule has 0 aliphatic carbocycles. The largest absolute Gasteiger partial charge is 0.481 e. The molecular formula is C13H22N2O5. The summed E-state index contributed by atoms with van der Waals surface area (Å²) < 4.78 is 10.6. The molecule has 2 saturated heterocycles. The van der Waals surface area contributed by atoms with Crippen LogP contribution in [0, 0.1) is 0 Å². The maximum atomic E-state index is 12.5. The van der Waals surface area contributed by atoms with Gasteiger partial charge in [-0.05, 0) is 12.8 Å². The van der Waals surface area contributed by atoms with Gasteiger partial charge in [0.25, 0.3) is 0 Å². The molecule has 0 saturated carbocycles. The Bertz CT molecular complexity index is 355. The fourth-order valence-electron chi connectivity index (χ4n) is 2.74. The predicted molar refractivity (Wildman–Crippen MR) is 70.6 cm³/mol. The number of morpholine rings is 1. The lowest BCUT2D eigenvalue weighted by Gasteiger charge is -2.40. The van der Waals surface area contributed by atoms with E-state index in [-0.39, 0.29) is 24.6 Å². The summed E-state index contributed by atoms with van der Waals surface area (Å²) in [6.45, 7) is 2.55. The Labute approximate surface area is 118 Å². The maximum Gasteiger partial charge on any atom is 0.320 e. The summed E-state index contributed by atoms with van der Waals surface area (Å²) in [6.07, 6.45) is 1.81. The first-order valence-electron chi connectivity index (χ1n) is 6.99. The summed E-state index contributed by atoms with van der Waals surface area (Å²) in [4.78, 5) is 26.8. The molecule has 0 aromatic heterocycles. The van der Waals surface area contributed by atoms with Gasteiger partial charge in [0.05, 0.1) is 31.8 Å². The number of urea groups is 1. The van der Waals surface area contributed by atoms with Gasteiger partial charge in [-0.25, -0.2) is 4.79 Å². The first-order valence-corrected chi connectivity index (χ1v) is 6.99. The minimum absolute atomic E-state index is 0.0692. The van der Waals surface area contributed by atoms with Gasteiger partial charge in [-0.3, -0.25) is 4.79 Å². The second-order valence-corrected chi connectivity index (χ2v) is 5.22. The summed E-state index contributed by atoms with van der Waals surface area (Å²) in [7, 11) is 1.69. The number of amides is 2. The standard InChI is InChI=1S/C13H22N2O5/c1-19-11-2-4-14(5-3-11)13(18)15-6-7-20-9-10(15)8-12(16)17/h10-11H,2-9H2,1H3,(H,16,17). The topological polar surface area (TPSA) is 79.3 Å². The molecule has 2 amide bonds. The Balaban J connectivity index is 1.94. The van der Waals surface area contributed by atoms with E-state index in [2.05, 4.69) is 0 Å². The minimum atomic E-state index is -0.906. The van der Waals surface area contributed by atoms with E-state index in [0.717, 1.165) is 12.8 Å². The number of methoxy groups -OCH3 is 1. The summed E-state index contributed by atoms with van der Waals surface area (Å²) in [6, 6.07) is -0.442. The Morgan fingerprint density at radius 2 is 2.00 bits per heavy atom. The minimum Gasteiger partial charge on any atom is -0.481 e. The Kier molecular flexibility index (Phi) is 5.19. The smallest absolute Gasteiger partial charge is 0.320 e. The van der Waals surface area contributed by atoms with Gasteiger partial charge >= 0.3 is 12.0 Å². The van der Waals surface area contributed by atoms with Crippen LogP contribution in [0.2, 0.25) is 0 Å². The molecule has 2 heterocycles. The zero-order valence-corrected chi connectivity index (χ0v) is 11.8. The lowest BCUT2D eigenvalue weighted by atomic mass is 10.1. The molecule has 1 unspecified atom stereocenters. The van der Waals surface area contributed by atoms with E-state index >= 15 is 0 Å². The summed E-state index contributed by atoms with van der Waals surface area (Å²) in [5, 5.41) is 8.92. The lowest BCUT2D eigenvalue weighted by molar-refractivity contribution is -0.139. The molecule has 0 aromatic carbocycles. The number of hydrogen-bond donors (Lipinski definition) is 1. The summed E-state index contributed by atoms with van der Waals surface area (Å²) >= 11 is 0. The monoisotopic (exact) mass is 286 g/mol. The second-order valence-electron chi connectivity index (χ2n) is 5.22. The van der Waals surface area contributed by atoms with Gasteiger partial charge in [0.1, 0.15) is 0 Å². The molecule has 114 valence electrons. The molecular weight excluding hydrogens is 264 g/mol. The lowest BCUT2D eigenvalue weighted by Crippen LogP contribution is -2.55. The first kappa shape index (κ1) is 15.1. The molecule has 0 aromatic rings. The van der Waals surface area contributed by atoms with E-state index in [0.29, 0.717) is 32.8 Å². The number of carboxylic acid groups (broad SMARTS) is 1. The highest BCUT2D eigenvalue weighted by molar-refractivity contribution is 5.76. The highest BCUT2D eigenvalue weighted by Gasteiger charge is 2.33. The zero-order valence-electron chi connectivity index (χ0n) is 11.8. The van der Waals surface area contributed by atoms with Crippen LogP contribution >= 0.6 is 0 Å². The first-order chi connectivity index (χ1) is 9.61. The van der Waals surface area contributed by atoms with Crippen LogP contribution in [-0.2, 0) is 14.3 Å². The maximum absolute atomic E-state index is 12.5. The fourth-order valence-corrected chi connectivity index (χ4v) is 2.74. The number of ether oxygens (including phenoxy) is 2. The van der Waals surface area contributed by atoms with Crippen molar-refractivity contribution in [2.75, 3.05) is 40.0 Å². The van der Waals surface area contributed by atoms with Crippen molar-refractivity contribution in [3.05, 3.63) is 0 Å². The van der Waals surface area contributed by atoms with Crippen LogP contribution in [0.25, 0.3) is 0 Å². The average Bonchev–Trinajstić information content (AvgIpc) is 2.46. The van der Waals surface area contributed by atoms with E-state index < -0.39 is 5.97 Å². The highest BCUT2D eigenvalue weighted by atomic mass is 16.5. The van der Waals surface area contributed by atoms with E-state index in [1.165, 1.54) is 0 Å². The van der Waals surface area contributed by atoms with Crippen LogP contribution in [0.5, 0.6) is 0 Å². The van der Waals surface area contributed by atoms with Gasteiger partial charge in [-0.15, -0.1) is 0 Å². The van der Waals surface area contributed by atoms with Crippen molar-refractivity contribution in [1.29, 1.82) is 0 Å². The SMILES string of the molecule is COC1CCN(C(=O)N2CCOCC2CC(=O)O)CC1. The molecule has 0 spiro atoms. The Morgan fingerprint density at radius 1 is 1.30 bits per heavy atom. The quantitative estimate of drug-likeness (QED) is 0.812. The third kappa shape index (κ3) is 3.61. The van der Waals surface area contributed by atoms with E-state index in [4.69, 9.17) is 14.6 Å². The third-order valence-corrected chi connectivity index (χ3v) is 3.93. The number of hydrogen-bond acceptors (Lipinski definition) is 4. The van der Waals surface area contributed by atoms with Crippen molar-refractivity contribution in [1.82, 2.24) is 9.80 Å². The second kappa shape index (κ2) is 6.90. The van der Waals surface area contributed by atoms with Gasteiger partial charge in [0.2, 0.25) is 0 Å². The number of carbonyl (C=O) groups is 2. The number of carboxylic acids is 1. The van der Waals surface area contributed by atoms with Crippen molar-refractivity contribution in [2.24, 2.45) is 0 Å². The summed E-state index contributed by atoms with van der Waals surface area (Å²) in [5.41, 5.74) is 0. The van der Waals surface area contributed by atoms with Crippen LogP contribution < -0.4 is 0 Å². The van der Waals surface area contributed by atoms with Crippen LogP contribution in [0.4, 0.5) is 4.79 Å². The van der Waals surface area contributed by atoms with Gasteiger partial charge in [0.15, 0.2) is 0 Å². The van der Waals surface area contributed by atoms with Gasteiger partial charge in [-0.2, -0.15) is 0 Å². The van der Waals surface area contributed by atoms with E-state index in [1.54, 1.807) is 16.9 Å². The summed E-state index contributed by atoms with van der Waals surface area (Å²) in [5.74, 6) is -0.906. The van der Waals surface area contributed by atoms with Crippen LogP contribution in [-0.4, -0.2) is 79.0 Å². The fraction of sp³-hybridized carbons (Fsp3) is 0.846. The number of carbonyl (C=O) groups excluding carboxylic acids is 1. The number of piperidine rings is 1. The van der Waals surface area contributed by atoms with Crippen LogP contribution in [0.3, 0.4) is 0 Å². The zero-order chi connectivity index (χ0) is 14.5. The molecule has 2 fully saturated rings. The molecule has 2 aliphatic heterocycles. The number of aliphatic carboxylic acids is 1. The number of nitrogens with zero attached hydrogens (tertiary/aromatic N) is 2. The molecule has 1 N–H and O–H groups in total. The molecule has 2 aliphatic rings. The number of rotatable bonds is 3. The molecule has 7 heteroatoms. The van der Waals surface area contributed by atoms with E-state index in [9.17, 15) is 9.59 Å². The van der Waals surface area contributed by atoms with Crippen molar-refractivity contribution in [3.8, 4) is 0 Å². The molecule has 0 radical (unpaired) electrons. The average molecular weight is 286 g/mol. The molecule has 7 nitrogen and oxygen atoms in total. The molecule has 2 rings (SSSR count). The highest BCUT2D eigenvalue weighted by Crippen LogP contribution is 2.18. The van der Waals surface area contributed by atoms with Crippen LogP contribution in [0.1, 0.15) is 19.3 Å². The van der Waals surface area contributed by atoms with Crippen molar-refractivity contribution >= 4 is 12.0 Å². The predicted octanol–water partition coefficient (Wildman–Crippen LogP) is 0.393. The Morgan fingerprint density at radius 3 is 2.60 bits per heavy atom. The van der Waals surface area contributed by atoms with E-state index in [1.807, 2.05) is 0 Å². The van der Waals surface area contributed by atoms with Crippen LogP contribution in [0.15, 0.2) is 0 Å². The van der Waals surface area contributed by atoms with Crippen molar-refractivity contribution in [3.63, 3.8) is 0 Å². The molecule has 20 heavy (non-hydrogen) atoms.